The zero-order valence-corrected chi connectivity index (χ0v) is 64.8. The molecule has 0 fully saturated rings. The Kier molecular flexibility index (Phi) is 65.0. The molecular formula is C77H150O17P2. The maximum atomic E-state index is 13.1. The van der Waals surface area contributed by atoms with E-state index in [0.29, 0.717) is 25.7 Å². The summed E-state index contributed by atoms with van der Waals surface area (Å²) < 4.78 is 68.6. The molecule has 0 aliphatic rings. The number of phosphoric ester groups is 2. The molecule has 0 aromatic rings. The highest BCUT2D eigenvalue weighted by Crippen LogP contribution is 2.45. The van der Waals surface area contributed by atoms with Crippen LogP contribution in [-0.4, -0.2) is 96.7 Å². The van der Waals surface area contributed by atoms with Gasteiger partial charge in [-0.1, -0.05) is 338 Å². The largest absolute Gasteiger partial charge is 0.472 e. The number of rotatable bonds is 74. The summed E-state index contributed by atoms with van der Waals surface area (Å²) in [6, 6.07) is 0. The van der Waals surface area contributed by atoms with Crippen molar-refractivity contribution in [3.63, 3.8) is 0 Å². The second kappa shape index (κ2) is 66.3. The first-order valence-corrected chi connectivity index (χ1v) is 42.8. The Balaban J connectivity index is 5.26. The lowest BCUT2D eigenvalue weighted by Crippen LogP contribution is -2.30. The van der Waals surface area contributed by atoms with E-state index >= 15 is 0 Å². The molecule has 3 N–H and O–H groups in total. The van der Waals surface area contributed by atoms with Crippen LogP contribution in [0.3, 0.4) is 0 Å². The predicted molar refractivity (Wildman–Crippen MR) is 391 cm³/mol. The lowest BCUT2D eigenvalue weighted by atomic mass is 9.99. The molecule has 5 unspecified atom stereocenters. The summed E-state index contributed by atoms with van der Waals surface area (Å²) in [6.07, 6.45) is 51.2. The summed E-state index contributed by atoms with van der Waals surface area (Å²) in [5, 5.41) is 10.6. The topological polar surface area (TPSA) is 237 Å². The van der Waals surface area contributed by atoms with Crippen LogP contribution in [-0.2, 0) is 65.4 Å². The Hall–Kier alpha value is -1.94. The third-order valence-corrected chi connectivity index (χ3v) is 20.8. The van der Waals surface area contributed by atoms with Gasteiger partial charge in [-0.05, 0) is 49.4 Å². The maximum Gasteiger partial charge on any atom is 0.472 e. The molecule has 0 rings (SSSR count). The van der Waals surface area contributed by atoms with Gasteiger partial charge in [0.15, 0.2) is 12.2 Å². The van der Waals surface area contributed by atoms with Crippen LogP contribution in [0.15, 0.2) is 0 Å². The van der Waals surface area contributed by atoms with Crippen molar-refractivity contribution in [3.8, 4) is 0 Å². The van der Waals surface area contributed by atoms with Crippen molar-refractivity contribution >= 4 is 39.5 Å². The van der Waals surface area contributed by atoms with Crippen molar-refractivity contribution in [2.75, 3.05) is 39.6 Å². The second-order valence-corrected chi connectivity index (χ2v) is 31.9. The highest BCUT2D eigenvalue weighted by molar-refractivity contribution is 7.47. The molecule has 570 valence electrons. The third kappa shape index (κ3) is 66.6. The number of carbonyl (C=O) groups excluding carboxylic acids is 4. The van der Waals surface area contributed by atoms with Crippen molar-refractivity contribution in [1.29, 1.82) is 0 Å². The van der Waals surface area contributed by atoms with Crippen LogP contribution in [0.5, 0.6) is 0 Å². The summed E-state index contributed by atoms with van der Waals surface area (Å²) in [4.78, 5) is 72.9. The molecule has 0 amide bonds. The van der Waals surface area contributed by atoms with Gasteiger partial charge in [-0.15, -0.1) is 0 Å². The summed E-state index contributed by atoms with van der Waals surface area (Å²) in [6.45, 7) is 14.2. The number of unbranched alkanes of at least 4 members (excludes halogenated alkanes) is 37. The van der Waals surface area contributed by atoms with Crippen LogP contribution < -0.4 is 0 Å². The number of aliphatic hydroxyl groups is 1. The minimum atomic E-state index is -4.96. The standard InChI is InChI=1S/C77H150O17P2/c1-9-68(6)54-46-38-30-24-20-16-12-13-17-22-26-33-43-51-59-76(81)93-72(63-87-74(79)57-49-41-32-25-21-18-14-15-19-23-29-37-45-53-67(4)5)65-91-95(83,84)89-61-71(78)62-90-96(85,86)92-66-73(64-88-75(80)58-50-42-36-35-40-48-56-70(8)11-3)94-77(82)60-52-44-34-28-27-31-39-47-55-69(7)10-2/h67-73,78H,9-66H2,1-8H3,(H,83,84)(H,85,86)/t68?,69?,70?,71-,72-,73-/m1/s1. The number of esters is 4. The molecule has 19 heteroatoms. The highest BCUT2D eigenvalue weighted by Gasteiger charge is 2.30. The van der Waals surface area contributed by atoms with Crippen molar-refractivity contribution < 1.29 is 80.2 Å². The van der Waals surface area contributed by atoms with Crippen LogP contribution in [0.4, 0.5) is 0 Å². The van der Waals surface area contributed by atoms with E-state index in [-0.39, 0.29) is 25.7 Å². The predicted octanol–water partition coefficient (Wildman–Crippen LogP) is 22.4. The summed E-state index contributed by atoms with van der Waals surface area (Å²) >= 11 is 0. The fourth-order valence-electron chi connectivity index (χ4n) is 11.6. The summed E-state index contributed by atoms with van der Waals surface area (Å²) in [5.41, 5.74) is 0. The van der Waals surface area contributed by atoms with Crippen LogP contribution >= 0.6 is 15.6 Å². The minimum absolute atomic E-state index is 0.104. The fraction of sp³-hybridized carbons (Fsp3) is 0.948. The smallest absolute Gasteiger partial charge is 0.462 e. The monoisotopic (exact) mass is 1410 g/mol. The van der Waals surface area contributed by atoms with Gasteiger partial charge < -0.3 is 33.8 Å². The van der Waals surface area contributed by atoms with Gasteiger partial charge in [0.1, 0.15) is 19.3 Å². The fourth-order valence-corrected chi connectivity index (χ4v) is 13.2. The molecule has 0 radical (unpaired) electrons. The summed E-state index contributed by atoms with van der Waals surface area (Å²) in [7, 11) is -9.92. The van der Waals surface area contributed by atoms with E-state index in [1.807, 2.05) is 0 Å². The number of phosphoric acid groups is 2. The van der Waals surface area contributed by atoms with E-state index in [1.165, 1.54) is 186 Å². The lowest BCUT2D eigenvalue weighted by molar-refractivity contribution is -0.161. The summed E-state index contributed by atoms with van der Waals surface area (Å²) in [5.74, 6) is 1.02. The van der Waals surface area contributed by atoms with Gasteiger partial charge >= 0.3 is 39.5 Å². The lowest BCUT2D eigenvalue weighted by Gasteiger charge is -2.21. The van der Waals surface area contributed by atoms with Gasteiger partial charge in [-0.2, -0.15) is 0 Å². The molecule has 8 atom stereocenters. The molecule has 0 saturated heterocycles. The second-order valence-electron chi connectivity index (χ2n) is 28.9. The Morgan fingerprint density at radius 3 is 0.740 bits per heavy atom. The van der Waals surface area contributed by atoms with E-state index in [1.54, 1.807) is 0 Å². The molecule has 0 aliphatic heterocycles. The Bertz CT molecular complexity index is 1890. The van der Waals surface area contributed by atoms with Crippen LogP contribution in [0.25, 0.3) is 0 Å². The van der Waals surface area contributed by atoms with Gasteiger partial charge in [-0.25, -0.2) is 9.13 Å². The SMILES string of the molecule is CCC(C)CCCCCCCCCCCCCCCCC(=O)O[C@H](COC(=O)CCCCCCCCCCCCCCCC(C)C)COP(=O)(O)OC[C@@H](O)COP(=O)(O)OC[C@@H](COC(=O)CCCCCCCCC(C)CC)OC(=O)CCCCCCCCCCC(C)CC. The van der Waals surface area contributed by atoms with Gasteiger partial charge in [0.05, 0.1) is 26.4 Å². The molecule has 0 saturated carbocycles. The van der Waals surface area contributed by atoms with E-state index in [0.717, 1.165) is 120 Å². The van der Waals surface area contributed by atoms with Crippen LogP contribution in [0.2, 0.25) is 0 Å². The van der Waals surface area contributed by atoms with Gasteiger partial charge in [0.25, 0.3) is 0 Å². The number of carbonyl (C=O) groups is 4. The quantitative estimate of drug-likeness (QED) is 0.0222. The molecule has 0 spiro atoms. The molecule has 0 aromatic carbocycles. The molecule has 17 nitrogen and oxygen atoms in total. The first-order valence-electron chi connectivity index (χ1n) is 39.8. The minimum Gasteiger partial charge on any atom is -0.462 e. The molecule has 0 aromatic heterocycles. The van der Waals surface area contributed by atoms with Crippen molar-refractivity contribution in [3.05, 3.63) is 0 Å². The van der Waals surface area contributed by atoms with Crippen LogP contribution in [0, 0.1) is 23.7 Å². The third-order valence-electron chi connectivity index (χ3n) is 18.9. The van der Waals surface area contributed by atoms with Gasteiger partial charge in [0, 0.05) is 25.7 Å². The van der Waals surface area contributed by atoms with E-state index in [2.05, 4.69) is 55.4 Å². The van der Waals surface area contributed by atoms with E-state index < -0.39 is 97.5 Å². The number of aliphatic hydroxyl groups excluding tert-OH is 1. The number of hydrogen-bond donors (Lipinski definition) is 3. The molecule has 0 aliphatic carbocycles. The van der Waals surface area contributed by atoms with Gasteiger partial charge in [0.2, 0.25) is 0 Å². The number of hydrogen-bond acceptors (Lipinski definition) is 15. The van der Waals surface area contributed by atoms with Crippen molar-refractivity contribution in [2.24, 2.45) is 23.7 Å². The van der Waals surface area contributed by atoms with Crippen molar-refractivity contribution in [1.82, 2.24) is 0 Å². The van der Waals surface area contributed by atoms with E-state index in [9.17, 15) is 43.2 Å². The molecule has 0 heterocycles. The first kappa shape index (κ1) is 94.1. The van der Waals surface area contributed by atoms with Crippen molar-refractivity contribution in [2.45, 2.75) is 408 Å². The van der Waals surface area contributed by atoms with Gasteiger partial charge in [-0.3, -0.25) is 37.3 Å². The Morgan fingerprint density at radius 1 is 0.292 bits per heavy atom. The molecule has 96 heavy (non-hydrogen) atoms. The number of ether oxygens (including phenoxy) is 4. The zero-order valence-electron chi connectivity index (χ0n) is 63.0. The average molecular weight is 1410 g/mol. The zero-order chi connectivity index (χ0) is 71.0. The van der Waals surface area contributed by atoms with Crippen LogP contribution in [0.1, 0.15) is 389 Å². The van der Waals surface area contributed by atoms with E-state index in [4.69, 9.17) is 37.0 Å². The average Bonchev–Trinajstić information content (AvgIpc) is 2.01. The first-order chi connectivity index (χ1) is 46.2. The highest BCUT2D eigenvalue weighted by atomic mass is 31.2. The Morgan fingerprint density at radius 2 is 0.500 bits per heavy atom. The molecule has 0 bridgehead atoms. The Labute approximate surface area is 588 Å². The molecular weight excluding hydrogens is 1260 g/mol. The maximum absolute atomic E-state index is 13.1. The normalized spacial score (nSPS) is 15.0.